The van der Waals surface area contributed by atoms with Crippen LogP contribution < -0.4 is 0 Å². The number of rotatable bonds is 1. The summed E-state index contributed by atoms with van der Waals surface area (Å²) < 4.78 is 0. The van der Waals surface area contributed by atoms with Crippen LogP contribution in [0.4, 0.5) is 0 Å². The van der Waals surface area contributed by atoms with Gasteiger partial charge in [0.2, 0.25) is 0 Å². The van der Waals surface area contributed by atoms with Crippen molar-refractivity contribution in [2.75, 3.05) is 0 Å². The minimum atomic E-state index is 1.09. The molecular weight excluding hydrogens is 132 g/mol. The molecule has 1 aliphatic rings. The van der Waals surface area contributed by atoms with Crippen molar-refractivity contribution in [1.29, 1.82) is 0 Å². The molecule has 0 heterocycles. The fraction of sp³-hybridized carbons (Fsp3) is 0.364. The summed E-state index contributed by atoms with van der Waals surface area (Å²) in [6.45, 7) is 4.25. The number of allylic oxidation sites excluding steroid dienone is 5. The minimum absolute atomic E-state index is 1.09. The smallest absolute Gasteiger partial charge is 0.00945 e. The fourth-order valence-electron chi connectivity index (χ4n) is 1.06. The molecule has 0 aromatic heterocycles. The predicted octanol–water partition coefficient (Wildman–Crippen LogP) is 3.38. The van der Waals surface area contributed by atoms with Crippen LogP contribution >= 0.6 is 0 Å². The zero-order chi connectivity index (χ0) is 8.10. The topological polar surface area (TPSA) is 0 Å². The third-order valence-corrected chi connectivity index (χ3v) is 1.83. The first kappa shape index (κ1) is 8.10. The van der Waals surface area contributed by atoms with Crippen molar-refractivity contribution in [2.45, 2.75) is 26.7 Å². The molecule has 0 fully saturated rings. The van der Waals surface area contributed by atoms with Gasteiger partial charge in [0.25, 0.3) is 0 Å². The monoisotopic (exact) mass is 146 g/mol. The quantitative estimate of drug-likeness (QED) is 0.497. The van der Waals surface area contributed by atoms with Crippen LogP contribution in [-0.4, -0.2) is 0 Å². The highest BCUT2D eigenvalue weighted by Gasteiger charge is 1.90. The van der Waals surface area contributed by atoms with Crippen LogP contribution in [0.5, 0.6) is 0 Å². The van der Waals surface area contributed by atoms with Gasteiger partial charge in [0.15, 0.2) is 0 Å². The Morgan fingerprint density at radius 2 is 2.36 bits per heavy atom. The van der Waals surface area contributed by atoms with Gasteiger partial charge in [-0.3, -0.25) is 0 Å². The lowest BCUT2D eigenvalue weighted by Crippen LogP contribution is -1.79. The molecule has 0 saturated heterocycles. The summed E-state index contributed by atoms with van der Waals surface area (Å²) in [5.41, 5.74) is 5.86. The van der Waals surface area contributed by atoms with Gasteiger partial charge in [-0.15, -0.1) is 5.73 Å². The summed E-state index contributed by atoms with van der Waals surface area (Å²) >= 11 is 0. The Morgan fingerprint density at radius 1 is 1.55 bits per heavy atom. The standard InChI is InChI=1S/C11H14/c1-3-11-8-4-6-10(2)7-5-9-11/h4-6,9H,3,8H2,1-2H3/b6-4-,11-9-. The van der Waals surface area contributed by atoms with Crippen molar-refractivity contribution in [3.8, 4) is 0 Å². The predicted molar refractivity (Wildman–Crippen MR) is 49.4 cm³/mol. The maximum atomic E-state index is 3.18. The Bertz CT molecular complexity index is 245. The molecule has 0 aromatic carbocycles. The summed E-state index contributed by atoms with van der Waals surface area (Å²) in [4.78, 5) is 0. The van der Waals surface area contributed by atoms with Gasteiger partial charge in [-0.1, -0.05) is 30.7 Å². The molecular formula is C11H14. The van der Waals surface area contributed by atoms with Gasteiger partial charge in [-0.2, -0.15) is 0 Å². The lowest BCUT2D eigenvalue weighted by atomic mass is 10.1. The second kappa shape index (κ2) is 4.00. The summed E-state index contributed by atoms with van der Waals surface area (Å²) in [5.74, 6) is 0. The Morgan fingerprint density at radius 3 is 3.09 bits per heavy atom. The first-order valence-corrected chi connectivity index (χ1v) is 4.11. The summed E-state index contributed by atoms with van der Waals surface area (Å²) in [7, 11) is 0. The first-order valence-electron chi connectivity index (χ1n) is 4.11. The maximum absolute atomic E-state index is 3.18. The molecule has 1 rings (SSSR count). The molecule has 0 nitrogen and oxygen atoms in total. The Balaban J connectivity index is 2.86. The molecule has 0 N–H and O–H groups in total. The fourth-order valence-corrected chi connectivity index (χ4v) is 1.06. The van der Waals surface area contributed by atoms with Crippen LogP contribution in [0.25, 0.3) is 0 Å². The van der Waals surface area contributed by atoms with Gasteiger partial charge in [0, 0.05) is 0 Å². The van der Waals surface area contributed by atoms with Crippen LogP contribution in [0.2, 0.25) is 0 Å². The van der Waals surface area contributed by atoms with E-state index in [-0.39, 0.29) is 0 Å². The molecule has 0 aromatic rings. The van der Waals surface area contributed by atoms with Crippen molar-refractivity contribution >= 4 is 0 Å². The van der Waals surface area contributed by atoms with E-state index in [1.165, 1.54) is 11.1 Å². The summed E-state index contributed by atoms with van der Waals surface area (Å²) in [6.07, 6.45) is 10.7. The van der Waals surface area contributed by atoms with Crippen molar-refractivity contribution in [3.05, 3.63) is 41.2 Å². The molecule has 0 unspecified atom stereocenters. The van der Waals surface area contributed by atoms with E-state index < -0.39 is 0 Å². The van der Waals surface area contributed by atoms with E-state index in [1.54, 1.807) is 0 Å². The second-order valence-electron chi connectivity index (χ2n) is 2.78. The van der Waals surface area contributed by atoms with Gasteiger partial charge < -0.3 is 0 Å². The molecule has 11 heavy (non-hydrogen) atoms. The average molecular weight is 146 g/mol. The molecule has 0 saturated carbocycles. The molecule has 0 atom stereocenters. The highest BCUT2D eigenvalue weighted by Crippen LogP contribution is 2.10. The van der Waals surface area contributed by atoms with Gasteiger partial charge in [-0.25, -0.2) is 0 Å². The van der Waals surface area contributed by atoms with Crippen LogP contribution in [0.3, 0.4) is 0 Å². The third kappa shape index (κ3) is 2.61. The Kier molecular flexibility index (Phi) is 2.95. The summed E-state index contributed by atoms with van der Waals surface area (Å²) in [6, 6.07) is 0. The zero-order valence-electron chi connectivity index (χ0n) is 7.22. The molecule has 0 amide bonds. The molecule has 0 bridgehead atoms. The van der Waals surface area contributed by atoms with E-state index in [0.29, 0.717) is 0 Å². The number of hydrogen-bond acceptors (Lipinski definition) is 0. The van der Waals surface area contributed by atoms with Crippen molar-refractivity contribution < 1.29 is 0 Å². The molecule has 0 radical (unpaired) electrons. The minimum Gasteiger partial charge on any atom is -0.118 e. The average Bonchev–Trinajstić information content (AvgIpc) is 1.96. The lowest BCUT2D eigenvalue weighted by molar-refractivity contribution is 1.03. The lowest BCUT2D eigenvalue weighted by Gasteiger charge is -1.99. The SMILES string of the molecule is CC/C1=C/C=C=C(C)/C=C\C1. The molecule has 1 aliphatic carbocycles. The van der Waals surface area contributed by atoms with E-state index in [2.05, 4.69) is 37.8 Å². The number of hydrogen-bond donors (Lipinski definition) is 0. The van der Waals surface area contributed by atoms with E-state index in [9.17, 15) is 0 Å². The van der Waals surface area contributed by atoms with E-state index >= 15 is 0 Å². The highest BCUT2D eigenvalue weighted by molar-refractivity contribution is 5.25. The van der Waals surface area contributed by atoms with Crippen LogP contribution in [-0.2, 0) is 0 Å². The van der Waals surface area contributed by atoms with Crippen molar-refractivity contribution in [3.63, 3.8) is 0 Å². The summed E-state index contributed by atoms with van der Waals surface area (Å²) in [5, 5.41) is 0. The van der Waals surface area contributed by atoms with Gasteiger partial charge in [-0.05, 0) is 31.4 Å². The van der Waals surface area contributed by atoms with Gasteiger partial charge in [0.1, 0.15) is 0 Å². The second-order valence-corrected chi connectivity index (χ2v) is 2.78. The van der Waals surface area contributed by atoms with Crippen molar-refractivity contribution in [1.82, 2.24) is 0 Å². The Labute approximate surface area is 68.6 Å². The molecule has 0 spiro atoms. The normalized spacial score (nSPS) is 24.5. The largest absolute Gasteiger partial charge is 0.118 e. The highest BCUT2D eigenvalue weighted by atomic mass is 14.0. The van der Waals surface area contributed by atoms with Gasteiger partial charge >= 0.3 is 0 Å². The van der Waals surface area contributed by atoms with Crippen LogP contribution in [0.15, 0.2) is 41.2 Å². The molecule has 58 valence electrons. The van der Waals surface area contributed by atoms with Crippen LogP contribution in [0, 0.1) is 0 Å². The third-order valence-electron chi connectivity index (χ3n) is 1.83. The van der Waals surface area contributed by atoms with E-state index in [1.807, 2.05) is 6.08 Å². The maximum Gasteiger partial charge on any atom is -0.00945 e. The molecule has 0 heteroatoms. The zero-order valence-corrected chi connectivity index (χ0v) is 7.22. The van der Waals surface area contributed by atoms with Gasteiger partial charge in [0.05, 0.1) is 0 Å². The molecule has 0 aliphatic heterocycles. The van der Waals surface area contributed by atoms with E-state index in [4.69, 9.17) is 0 Å². The van der Waals surface area contributed by atoms with Crippen molar-refractivity contribution in [2.24, 2.45) is 0 Å². The first-order chi connectivity index (χ1) is 5.33. The van der Waals surface area contributed by atoms with E-state index in [0.717, 1.165) is 12.8 Å². The Hall–Kier alpha value is -1.00. The van der Waals surface area contributed by atoms with Crippen LogP contribution in [0.1, 0.15) is 26.7 Å².